The number of carbonyl (C=O) groups excluding carboxylic acids is 2. The molecule has 9 heteroatoms. The molecule has 2 unspecified atom stereocenters. The monoisotopic (exact) mass is 324 g/mol. The summed E-state index contributed by atoms with van der Waals surface area (Å²) >= 11 is 0. The second kappa shape index (κ2) is 7.46. The Kier molecular flexibility index (Phi) is 6.19. The fourth-order valence-electron chi connectivity index (χ4n) is 2.27. The van der Waals surface area contributed by atoms with Gasteiger partial charge in [0.05, 0.1) is 5.92 Å². The molecule has 126 valence electrons. The van der Waals surface area contributed by atoms with E-state index in [-0.39, 0.29) is 19.4 Å². The Morgan fingerprint density at radius 2 is 2.09 bits per heavy atom. The van der Waals surface area contributed by atoms with Gasteiger partial charge in [-0.05, 0) is 6.42 Å². The number of hydrogen-bond donors (Lipinski definition) is 2. The maximum Gasteiger partial charge on any atom is 0.406 e. The number of carbonyl (C=O) groups is 3. The molecule has 0 radical (unpaired) electrons. The molecule has 1 heterocycles. The number of rotatable bonds is 7. The molecule has 1 aliphatic heterocycles. The Bertz CT molecular complexity index is 439. The average molecular weight is 324 g/mol. The highest BCUT2D eigenvalue weighted by atomic mass is 19.4. The lowest BCUT2D eigenvalue weighted by Gasteiger charge is -2.19. The molecule has 0 aromatic rings. The molecule has 1 fully saturated rings. The molecule has 2 N–H and O–H groups in total. The zero-order valence-electron chi connectivity index (χ0n) is 12.2. The highest BCUT2D eigenvalue weighted by Crippen LogP contribution is 2.24. The first-order valence-electron chi connectivity index (χ1n) is 7.01. The number of alkyl halides is 3. The van der Waals surface area contributed by atoms with Crippen molar-refractivity contribution in [1.29, 1.82) is 0 Å². The molecular formula is C13H19F3N2O4. The number of nitrogens with zero attached hydrogens (tertiary/aromatic N) is 1. The summed E-state index contributed by atoms with van der Waals surface area (Å²) in [6.45, 7) is 0.128. The molecule has 0 bridgehead atoms. The lowest BCUT2D eigenvalue weighted by atomic mass is 10.1. The molecule has 22 heavy (non-hydrogen) atoms. The van der Waals surface area contributed by atoms with Crippen LogP contribution >= 0.6 is 0 Å². The summed E-state index contributed by atoms with van der Waals surface area (Å²) in [5.41, 5.74) is 0. The van der Waals surface area contributed by atoms with E-state index in [2.05, 4.69) is 5.32 Å². The average Bonchev–Trinajstić information content (AvgIpc) is 2.73. The number of aliphatic carboxylic acids is 1. The first-order valence-corrected chi connectivity index (χ1v) is 7.01. The fourth-order valence-corrected chi connectivity index (χ4v) is 2.27. The van der Waals surface area contributed by atoms with E-state index in [9.17, 15) is 27.6 Å². The first-order chi connectivity index (χ1) is 10.1. The molecule has 0 saturated carbocycles. The van der Waals surface area contributed by atoms with E-state index in [1.165, 1.54) is 0 Å². The number of halogens is 3. The van der Waals surface area contributed by atoms with E-state index in [0.717, 1.165) is 6.42 Å². The summed E-state index contributed by atoms with van der Waals surface area (Å²) in [7, 11) is 0. The zero-order valence-corrected chi connectivity index (χ0v) is 12.2. The van der Waals surface area contributed by atoms with Gasteiger partial charge in [-0.25, -0.2) is 4.79 Å². The van der Waals surface area contributed by atoms with Crippen molar-refractivity contribution in [2.24, 2.45) is 5.92 Å². The molecule has 1 rings (SSSR count). The van der Waals surface area contributed by atoms with Gasteiger partial charge in [0.25, 0.3) is 0 Å². The summed E-state index contributed by atoms with van der Waals surface area (Å²) in [6.07, 6.45) is -3.26. The lowest BCUT2D eigenvalue weighted by Crippen LogP contribution is -2.44. The van der Waals surface area contributed by atoms with Gasteiger partial charge in [0.2, 0.25) is 11.8 Å². The van der Waals surface area contributed by atoms with Gasteiger partial charge in [-0.15, -0.1) is 0 Å². The standard InChI is InChI=1S/C13H19F3N2O4/c1-2-3-4-9(12(21)22)17-11(20)8-5-10(19)18(6-8)7-13(14,15)16/h8-9H,2-7H2,1H3,(H,17,20)(H,21,22). The predicted molar refractivity (Wildman–Crippen MR) is 69.8 cm³/mol. The van der Waals surface area contributed by atoms with Gasteiger partial charge < -0.3 is 15.3 Å². The minimum atomic E-state index is -4.52. The molecule has 0 aliphatic carbocycles. The van der Waals surface area contributed by atoms with Crippen LogP contribution in [0.4, 0.5) is 13.2 Å². The van der Waals surface area contributed by atoms with E-state index in [1.807, 2.05) is 6.92 Å². The third-order valence-electron chi connectivity index (χ3n) is 3.42. The van der Waals surface area contributed by atoms with Gasteiger partial charge in [-0.2, -0.15) is 13.2 Å². The lowest BCUT2D eigenvalue weighted by molar-refractivity contribution is -0.157. The van der Waals surface area contributed by atoms with Crippen LogP contribution in [0.3, 0.4) is 0 Å². The van der Waals surface area contributed by atoms with Gasteiger partial charge in [0, 0.05) is 13.0 Å². The van der Waals surface area contributed by atoms with Crippen LogP contribution in [0.1, 0.15) is 32.6 Å². The highest BCUT2D eigenvalue weighted by Gasteiger charge is 2.41. The van der Waals surface area contributed by atoms with Crippen molar-refractivity contribution in [2.75, 3.05) is 13.1 Å². The number of hydrogen-bond acceptors (Lipinski definition) is 3. The van der Waals surface area contributed by atoms with Gasteiger partial charge in [-0.1, -0.05) is 19.8 Å². The Hall–Kier alpha value is -1.80. The van der Waals surface area contributed by atoms with Gasteiger partial charge in [0.15, 0.2) is 0 Å². The topological polar surface area (TPSA) is 86.7 Å². The van der Waals surface area contributed by atoms with Crippen molar-refractivity contribution in [3.63, 3.8) is 0 Å². The van der Waals surface area contributed by atoms with Crippen molar-refractivity contribution in [1.82, 2.24) is 10.2 Å². The van der Waals surface area contributed by atoms with Crippen LogP contribution in [0.25, 0.3) is 0 Å². The Morgan fingerprint density at radius 3 is 2.59 bits per heavy atom. The number of carboxylic acid groups (broad SMARTS) is 1. The van der Waals surface area contributed by atoms with Crippen molar-refractivity contribution >= 4 is 17.8 Å². The molecule has 1 saturated heterocycles. The molecule has 0 aromatic carbocycles. The summed E-state index contributed by atoms with van der Waals surface area (Å²) in [6, 6.07) is -1.08. The Morgan fingerprint density at radius 1 is 1.45 bits per heavy atom. The maximum absolute atomic E-state index is 12.3. The number of carboxylic acids is 1. The second-order valence-electron chi connectivity index (χ2n) is 5.33. The van der Waals surface area contributed by atoms with Crippen LogP contribution in [0.5, 0.6) is 0 Å². The number of nitrogens with one attached hydrogen (secondary N) is 1. The molecule has 2 amide bonds. The summed E-state index contributed by atoms with van der Waals surface area (Å²) in [4.78, 5) is 35.0. The molecular weight excluding hydrogens is 305 g/mol. The van der Waals surface area contributed by atoms with Gasteiger partial charge >= 0.3 is 12.1 Å². The summed E-state index contributed by atoms with van der Waals surface area (Å²) in [5, 5.41) is 11.3. The van der Waals surface area contributed by atoms with Crippen molar-refractivity contribution < 1.29 is 32.7 Å². The van der Waals surface area contributed by atoms with Gasteiger partial charge in [-0.3, -0.25) is 9.59 Å². The minimum absolute atomic E-state index is 0.241. The number of unbranched alkanes of at least 4 members (excludes halogenated alkanes) is 1. The summed E-state index contributed by atoms with van der Waals surface area (Å²) in [5.74, 6) is -3.59. The molecule has 1 aliphatic rings. The van der Waals surface area contributed by atoms with E-state index >= 15 is 0 Å². The van der Waals surface area contributed by atoms with E-state index in [0.29, 0.717) is 11.3 Å². The Balaban J connectivity index is 2.59. The van der Waals surface area contributed by atoms with Crippen molar-refractivity contribution in [2.45, 2.75) is 44.8 Å². The smallest absolute Gasteiger partial charge is 0.406 e. The van der Waals surface area contributed by atoms with Crippen LogP contribution in [0, 0.1) is 5.92 Å². The fraction of sp³-hybridized carbons (Fsp3) is 0.769. The second-order valence-corrected chi connectivity index (χ2v) is 5.33. The van der Waals surface area contributed by atoms with E-state index in [1.54, 1.807) is 0 Å². The predicted octanol–water partition coefficient (Wildman–Crippen LogP) is 1.16. The van der Waals surface area contributed by atoms with Crippen LogP contribution in [0.15, 0.2) is 0 Å². The van der Waals surface area contributed by atoms with Crippen molar-refractivity contribution in [3.8, 4) is 0 Å². The molecule has 0 aromatic heterocycles. The van der Waals surface area contributed by atoms with E-state index in [4.69, 9.17) is 5.11 Å². The van der Waals surface area contributed by atoms with Crippen molar-refractivity contribution in [3.05, 3.63) is 0 Å². The molecule has 2 atom stereocenters. The minimum Gasteiger partial charge on any atom is -0.480 e. The highest BCUT2D eigenvalue weighted by molar-refractivity contribution is 5.91. The summed E-state index contributed by atoms with van der Waals surface area (Å²) < 4.78 is 36.9. The molecule has 6 nitrogen and oxygen atoms in total. The Labute approximate surface area is 125 Å². The van der Waals surface area contributed by atoms with E-state index < -0.39 is 42.5 Å². The maximum atomic E-state index is 12.3. The van der Waals surface area contributed by atoms with Crippen LogP contribution in [-0.4, -0.2) is 53.1 Å². The molecule has 0 spiro atoms. The van der Waals surface area contributed by atoms with Crippen LogP contribution in [-0.2, 0) is 14.4 Å². The zero-order chi connectivity index (χ0) is 16.9. The first kappa shape index (κ1) is 18.2. The number of amides is 2. The quantitative estimate of drug-likeness (QED) is 0.736. The van der Waals surface area contributed by atoms with Crippen LogP contribution < -0.4 is 5.32 Å². The third kappa shape index (κ3) is 5.53. The largest absolute Gasteiger partial charge is 0.480 e. The third-order valence-corrected chi connectivity index (χ3v) is 3.42. The van der Waals surface area contributed by atoms with Gasteiger partial charge in [0.1, 0.15) is 12.6 Å². The number of likely N-dealkylation sites (tertiary alicyclic amines) is 1. The van der Waals surface area contributed by atoms with Crippen LogP contribution in [0.2, 0.25) is 0 Å². The normalized spacial score (nSPS) is 20.1. The SMILES string of the molecule is CCCCC(NC(=O)C1CC(=O)N(CC(F)(F)F)C1)C(=O)O.